The number of hydrogen-bond donors (Lipinski definition) is 0. The van der Waals surface area contributed by atoms with Crippen LogP contribution in [0.4, 0.5) is 4.39 Å². The summed E-state index contributed by atoms with van der Waals surface area (Å²) >= 11 is 4.81. The van der Waals surface area contributed by atoms with E-state index in [0.717, 1.165) is 0 Å². The summed E-state index contributed by atoms with van der Waals surface area (Å²) in [6.07, 6.45) is 1.13. The van der Waals surface area contributed by atoms with Crippen LogP contribution in [0, 0.1) is 5.82 Å². The van der Waals surface area contributed by atoms with E-state index in [9.17, 15) is 9.18 Å². The molecule has 2 rings (SSSR count). The fraction of sp³-hybridized carbons (Fsp3) is 0.154. The van der Waals surface area contributed by atoms with Gasteiger partial charge in [0.25, 0.3) is 0 Å². The molecule has 0 saturated carbocycles. The lowest BCUT2D eigenvalue weighted by Crippen LogP contribution is -2.01. The monoisotopic (exact) mass is 312 g/mol. The lowest BCUT2D eigenvalue weighted by Gasteiger charge is -2.01. The highest BCUT2D eigenvalue weighted by molar-refractivity contribution is 9.10. The van der Waals surface area contributed by atoms with Crippen LogP contribution in [-0.4, -0.2) is 5.78 Å². The molecule has 0 fully saturated rings. The van der Waals surface area contributed by atoms with Crippen molar-refractivity contribution in [2.75, 3.05) is 0 Å². The van der Waals surface area contributed by atoms with Crippen LogP contribution in [0.3, 0.4) is 0 Å². The van der Waals surface area contributed by atoms with E-state index >= 15 is 0 Å². The van der Waals surface area contributed by atoms with Crippen molar-refractivity contribution in [3.63, 3.8) is 0 Å². The van der Waals surface area contributed by atoms with Crippen molar-refractivity contribution in [2.45, 2.75) is 12.8 Å². The zero-order chi connectivity index (χ0) is 12.3. The molecule has 1 heterocycles. The Morgan fingerprint density at radius 2 is 2.18 bits per heavy atom. The molecular formula is C13H10BrFOS. The Bertz CT molecular complexity index is 502. The molecule has 1 aromatic heterocycles. The van der Waals surface area contributed by atoms with Gasteiger partial charge in [-0.1, -0.05) is 22.0 Å². The van der Waals surface area contributed by atoms with Gasteiger partial charge >= 0.3 is 0 Å². The zero-order valence-electron chi connectivity index (χ0n) is 8.95. The minimum atomic E-state index is -0.390. The Kier molecular flexibility index (Phi) is 4.07. The first-order valence-electron chi connectivity index (χ1n) is 5.17. The average molecular weight is 313 g/mol. The molecule has 0 amide bonds. The zero-order valence-corrected chi connectivity index (χ0v) is 11.4. The maximum absolute atomic E-state index is 13.1. The van der Waals surface area contributed by atoms with Crippen LogP contribution in [0.2, 0.25) is 0 Å². The molecule has 0 radical (unpaired) electrons. The van der Waals surface area contributed by atoms with Crippen LogP contribution in [0.1, 0.15) is 21.7 Å². The van der Waals surface area contributed by atoms with E-state index in [-0.39, 0.29) is 11.6 Å². The molecule has 0 N–H and O–H groups in total. The van der Waals surface area contributed by atoms with E-state index in [0.29, 0.717) is 22.9 Å². The molecule has 0 atom stereocenters. The Morgan fingerprint density at radius 1 is 1.35 bits per heavy atom. The van der Waals surface area contributed by atoms with Gasteiger partial charge in [0.15, 0.2) is 5.78 Å². The van der Waals surface area contributed by atoms with Gasteiger partial charge in [-0.2, -0.15) is 0 Å². The van der Waals surface area contributed by atoms with Crippen LogP contribution < -0.4 is 0 Å². The summed E-state index contributed by atoms with van der Waals surface area (Å²) in [6.45, 7) is 0. The SMILES string of the molecule is O=C(CCc1cccs1)c1cc(F)cc(Br)c1. The lowest BCUT2D eigenvalue weighted by atomic mass is 10.1. The van der Waals surface area contributed by atoms with Gasteiger partial charge in [-0.3, -0.25) is 4.79 Å². The van der Waals surface area contributed by atoms with Gasteiger partial charge in [0.05, 0.1) is 0 Å². The molecular weight excluding hydrogens is 303 g/mol. The number of carbonyl (C=O) groups excluding carboxylic acids is 1. The number of hydrogen-bond acceptors (Lipinski definition) is 2. The summed E-state index contributed by atoms with van der Waals surface area (Å²) < 4.78 is 13.7. The van der Waals surface area contributed by atoms with Crippen molar-refractivity contribution in [1.29, 1.82) is 0 Å². The molecule has 2 aromatic rings. The number of carbonyl (C=O) groups is 1. The van der Waals surface area contributed by atoms with E-state index in [1.807, 2.05) is 17.5 Å². The van der Waals surface area contributed by atoms with Gasteiger partial charge in [-0.25, -0.2) is 4.39 Å². The number of rotatable bonds is 4. The summed E-state index contributed by atoms with van der Waals surface area (Å²) in [5, 5.41) is 1.98. The largest absolute Gasteiger partial charge is 0.294 e. The smallest absolute Gasteiger partial charge is 0.163 e. The second kappa shape index (κ2) is 5.56. The van der Waals surface area contributed by atoms with Crippen LogP contribution in [0.25, 0.3) is 0 Å². The minimum Gasteiger partial charge on any atom is -0.294 e. The van der Waals surface area contributed by atoms with E-state index in [2.05, 4.69) is 15.9 Å². The maximum atomic E-state index is 13.1. The molecule has 0 aliphatic carbocycles. The van der Waals surface area contributed by atoms with Crippen LogP contribution in [0.15, 0.2) is 40.2 Å². The Labute approximate surface area is 111 Å². The first kappa shape index (κ1) is 12.5. The highest BCUT2D eigenvalue weighted by Crippen LogP contribution is 2.18. The van der Waals surface area contributed by atoms with Gasteiger partial charge in [-0.15, -0.1) is 11.3 Å². The number of benzene rings is 1. The van der Waals surface area contributed by atoms with Gasteiger partial charge < -0.3 is 0 Å². The molecule has 17 heavy (non-hydrogen) atoms. The third-order valence-electron chi connectivity index (χ3n) is 2.36. The number of thiophene rings is 1. The van der Waals surface area contributed by atoms with Gasteiger partial charge in [0, 0.05) is 21.3 Å². The topological polar surface area (TPSA) is 17.1 Å². The third-order valence-corrected chi connectivity index (χ3v) is 3.76. The maximum Gasteiger partial charge on any atom is 0.163 e. The molecule has 0 spiro atoms. The fourth-order valence-electron chi connectivity index (χ4n) is 1.55. The Morgan fingerprint density at radius 3 is 2.82 bits per heavy atom. The molecule has 0 aliphatic heterocycles. The molecule has 0 unspecified atom stereocenters. The van der Waals surface area contributed by atoms with E-state index in [1.165, 1.54) is 17.0 Å². The summed E-state index contributed by atoms with van der Waals surface area (Å²) in [4.78, 5) is 13.0. The molecule has 1 nitrogen and oxygen atoms in total. The minimum absolute atomic E-state index is 0.0291. The normalized spacial score (nSPS) is 10.5. The van der Waals surface area contributed by atoms with Crippen molar-refractivity contribution in [2.24, 2.45) is 0 Å². The molecule has 0 aliphatic rings. The highest BCUT2D eigenvalue weighted by Gasteiger charge is 2.09. The predicted molar refractivity (Wildman–Crippen MR) is 71.1 cm³/mol. The summed E-state index contributed by atoms with van der Waals surface area (Å²) in [6, 6.07) is 8.24. The summed E-state index contributed by atoms with van der Waals surface area (Å²) in [5.74, 6) is -0.419. The first-order chi connectivity index (χ1) is 8.15. The summed E-state index contributed by atoms with van der Waals surface area (Å²) in [7, 11) is 0. The van der Waals surface area contributed by atoms with E-state index < -0.39 is 0 Å². The Hall–Kier alpha value is -1.00. The van der Waals surface area contributed by atoms with Crippen LogP contribution >= 0.6 is 27.3 Å². The van der Waals surface area contributed by atoms with E-state index in [4.69, 9.17) is 0 Å². The van der Waals surface area contributed by atoms with Gasteiger partial charge in [0.1, 0.15) is 5.82 Å². The van der Waals surface area contributed by atoms with Crippen molar-refractivity contribution < 1.29 is 9.18 Å². The lowest BCUT2D eigenvalue weighted by molar-refractivity contribution is 0.0982. The highest BCUT2D eigenvalue weighted by atomic mass is 79.9. The first-order valence-corrected chi connectivity index (χ1v) is 6.84. The van der Waals surface area contributed by atoms with Crippen molar-refractivity contribution in [3.05, 3.63) is 56.4 Å². The number of halogens is 2. The quantitative estimate of drug-likeness (QED) is 0.761. The average Bonchev–Trinajstić information content (AvgIpc) is 2.77. The molecule has 4 heteroatoms. The second-order valence-electron chi connectivity index (χ2n) is 3.66. The van der Waals surface area contributed by atoms with Crippen LogP contribution in [-0.2, 0) is 6.42 Å². The fourth-order valence-corrected chi connectivity index (χ4v) is 2.73. The van der Waals surface area contributed by atoms with Crippen molar-refractivity contribution in [3.8, 4) is 0 Å². The molecule has 1 aromatic carbocycles. The summed E-state index contributed by atoms with van der Waals surface area (Å²) in [5.41, 5.74) is 0.424. The molecule has 0 bridgehead atoms. The predicted octanol–water partition coefficient (Wildman–Crippen LogP) is 4.47. The van der Waals surface area contributed by atoms with Crippen molar-refractivity contribution in [1.82, 2.24) is 0 Å². The number of aryl methyl sites for hydroxylation is 1. The second-order valence-corrected chi connectivity index (χ2v) is 5.61. The van der Waals surface area contributed by atoms with Gasteiger partial charge in [0.2, 0.25) is 0 Å². The van der Waals surface area contributed by atoms with Crippen molar-refractivity contribution >= 4 is 33.0 Å². The number of Topliss-reactive ketones (excluding diaryl/α,β-unsaturated/α-hetero) is 1. The van der Waals surface area contributed by atoms with E-state index in [1.54, 1.807) is 17.4 Å². The number of ketones is 1. The van der Waals surface area contributed by atoms with Crippen LogP contribution in [0.5, 0.6) is 0 Å². The molecule has 88 valence electrons. The Balaban J connectivity index is 2.04. The standard InChI is InChI=1S/C13H10BrFOS/c14-10-6-9(7-11(15)8-10)13(16)4-3-12-2-1-5-17-12/h1-2,5-8H,3-4H2. The third kappa shape index (κ3) is 3.48. The van der Waals surface area contributed by atoms with Gasteiger partial charge in [-0.05, 0) is 36.1 Å². The molecule has 0 saturated heterocycles.